The molecule has 1 aliphatic heterocycles. The van der Waals surface area contributed by atoms with Gasteiger partial charge in [-0.05, 0) is 18.2 Å². The fraction of sp³-hybridized carbons (Fsp3) is 0.333. The van der Waals surface area contributed by atoms with Crippen LogP contribution >= 0.6 is 0 Å². The fourth-order valence-corrected chi connectivity index (χ4v) is 3.31. The van der Waals surface area contributed by atoms with E-state index in [0.29, 0.717) is 31.7 Å². The minimum atomic E-state index is -3.67. The van der Waals surface area contributed by atoms with Gasteiger partial charge in [-0.3, -0.25) is 9.59 Å². The lowest BCUT2D eigenvalue weighted by atomic mass is 10.2. The molecule has 0 radical (unpaired) electrons. The van der Waals surface area contributed by atoms with Gasteiger partial charge in [-0.1, -0.05) is 12.1 Å². The number of benzene rings is 1. The van der Waals surface area contributed by atoms with E-state index >= 15 is 0 Å². The zero-order chi connectivity index (χ0) is 16.9. The Morgan fingerprint density at radius 2 is 1.96 bits per heavy atom. The summed E-state index contributed by atoms with van der Waals surface area (Å²) in [4.78, 5) is 26.4. The number of rotatable bonds is 6. The third kappa shape index (κ3) is 4.17. The third-order valence-corrected chi connectivity index (χ3v) is 4.98. The van der Waals surface area contributed by atoms with Crippen LogP contribution in [0.5, 0.6) is 0 Å². The number of piperazine rings is 1. The van der Waals surface area contributed by atoms with E-state index in [1.807, 2.05) is 0 Å². The Morgan fingerprint density at radius 3 is 2.57 bits per heavy atom. The third-order valence-electron chi connectivity index (χ3n) is 3.56. The SMILES string of the molecule is C=CCNS(=O)(=O)c1cccc(C(=O)N2CCN(C=O)CC2)c1. The molecule has 1 fully saturated rings. The molecule has 1 N–H and O–H groups in total. The van der Waals surface area contributed by atoms with Gasteiger partial charge in [-0.15, -0.1) is 6.58 Å². The van der Waals surface area contributed by atoms with Crippen molar-refractivity contribution in [2.75, 3.05) is 32.7 Å². The number of carbonyl (C=O) groups is 2. The zero-order valence-electron chi connectivity index (χ0n) is 12.6. The first-order chi connectivity index (χ1) is 11.0. The van der Waals surface area contributed by atoms with Gasteiger partial charge < -0.3 is 9.80 Å². The van der Waals surface area contributed by atoms with Gasteiger partial charge in [0.1, 0.15) is 0 Å². The number of nitrogens with zero attached hydrogens (tertiary/aromatic N) is 2. The molecule has 1 aromatic carbocycles. The highest BCUT2D eigenvalue weighted by Crippen LogP contribution is 2.14. The summed E-state index contributed by atoms with van der Waals surface area (Å²) >= 11 is 0. The van der Waals surface area contributed by atoms with Crippen molar-refractivity contribution in [3.8, 4) is 0 Å². The molecule has 0 aromatic heterocycles. The fourth-order valence-electron chi connectivity index (χ4n) is 2.26. The number of hydrogen-bond donors (Lipinski definition) is 1. The van der Waals surface area contributed by atoms with E-state index in [0.717, 1.165) is 6.41 Å². The summed E-state index contributed by atoms with van der Waals surface area (Å²) in [7, 11) is -3.67. The highest BCUT2D eigenvalue weighted by atomic mass is 32.2. The van der Waals surface area contributed by atoms with Crippen LogP contribution < -0.4 is 4.72 Å². The highest BCUT2D eigenvalue weighted by Gasteiger charge is 2.22. The van der Waals surface area contributed by atoms with Crippen LogP contribution in [0.15, 0.2) is 41.8 Å². The van der Waals surface area contributed by atoms with Crippen LogP contribution in [0.4, 0.5) is 0 Å². The summed E-state index contributed by atoms with van der Waals surface area (Å²) in [6, 6.07) is 5.92. The van der Waals surface area contributed by atoms with Crippen LogP contribution in [0, 0.1) is 0 Å². The minimum Gasteiger partial charge on any atom is -0.342 e. The average Bonchev–Trinajstić information content (AvgIpc) is 2.59. The van der Waals surface area contributed by atoms with Crippen molar-refractivity contribution in [2.24, 2.45) is 0 Å². The van der Waals surface area contributed by atoms with Gasteiger partial charge in [0.2, 0.25) is 16.4 Å². The van der Waals surface area contributed by atoms with Crippen molar-refractivity contribution < 1.29 is 18.0 Å². The maximum Gasteiger partial charge on any atom is 0.254 e. The Morgan fingerprint density at radius 1 is 1.26 bits per heavy atom. The van der Waals surface area contributed by atoms with Gasteiger partial charge >= 0.3 is 0 Å². The number of sulfonamides is 1. The number of carbonyl (C=O) groups excluding carboxylic acids is 2. The van der Waals surface area contributed by atoms with Crippen molar-refractivity contribution in [3.63, 3.8) is 0 Å². The number of nitrogens with one attached hydrogen (secondary N) is 1. The van der Waals surface area contributed by atoms with Crippen molar-refractivity contribution >= 4 is 22.3 Å². The van der Waals surface area contributed by atoms with Gasteiger partial charge in [0.15, 0.2) is 0 Å². The smallest absolute Gasteiger partial charge is 0.254 e. The highest BCUT2D eigenvalue weighted by molar-refractivity contribution is 7.89. The lowest BCUT2D eigenvalue weighted by Gasteiger charge is -2.32. The second-order valence-corrected chi connectivity index (χ2v) is 6.87. The van der Waals surface area contributed by atoms with E-state index in [-0.39, 0.29) is 17.3 Å². The molecule has 0 saturated carbocycles. The molecule has 7 nitrogen and oxygen atoms in total. The van der Waals surface area contributed by atoms with Crippen molar-refractivity contribution in [1.29, 1.82) is 0 Å². The topological polar surface area (TPSA) is 86.8 Å². The monoisotopic (exact) mass is 337 g/mol. The molecule has 1 aliphatic rings. The first-order valence-corrected chi connectivity index (χ1v) is 8.65. The van der Waals surface area contributed by atoms with E-state index in [1.54, 1.807) is 15.9 Å². The van der Waals surface area contributed by atoms with Gasteiger partial charge in [0.25, 0.3) is 5.91 Å². The minimum absolute atomic E-state index is 0.0386. The van der Waals surface area contributed by atoms with E-state index in [2.05, 4.69) is 11.3 Å². The Hall–Kier alpha value is -2.19. The molecule has 2 rings (SSSR count). The first kappa shape index (κ1) is 17.2. The molecular weight excluding hydrogens is 318 g/mol. The van der Waals surface area contributed by atoms with Gasteiger partial charge in [0.05, 0.1) is 4.90 Å². The maximum absolute atomic E-state index is 12.5. The molecule has 23 heavy (non-hydrogen) atoms. The Balaban J connectivity index is 2.15. The van der Waals surface area contributed by atoms with Gasteiger partial charge in [-0.25, -0.2) is 13.1 Å². The summed E-state index contributed by atoms with van der Waals surface area (Å²) in [5.74, 6) is -0.240. The molecule has 8 heteroatoms. The summed E-state index contributed by atoms with van der Waals surface area (Å²) in [6.07, 6.45) is 2.21. The molecule has 1 heterocycles. The molecule has 2 amide bonds. The quantitative estimate of drug-likeness (QED) is 0.588. The summed E-state index contributed by atoms with van der Waals surface area (Å²) in [5, 5.41) is 0. The van der Waals surface area contributed by atoms with Gasteiger partial charge in [0, 0.05) is 38.3 Å². The van der Waals surface area contributed by atoms with Crippen molar-refractivity contribution in [3.05, 3.63) is 42.5 Å². The predicted octanol–water partition coefficient (Wildman–Crippen LogP) is 0.0651. The Bertz CT molecular complexity index is 694. The van der Waals surface area contributed by atoms with Crippen LogP contribution in [0.1, 0.15) is 10.4 Å². The van der Waals surface area contributed by atoms with Crippen LogP contribution in [-0.2, 0) is 14.8 Å². The molecule has 0 aliphatic carbocycles. The zero-order valence-corrected chi connectivity index (χ0v) is 13.5. The predicted molar refractivity (Wildman–Crippen MR) is 85.4 cm³/mol. The molecule has 1 saturated heterocycles. The molecule has 0 unspecified atom stereocenters. The lowest BCUT2D eigenvalue weighted by molar-refractivity contribution is -0.119. The summed E-state index contributed by atoms with van der Waals surface area (Å²) in [5.41, 5.74) is 0.311. The van der Waals surface area contributed by atoms with Crippen LogP contribution in [0.25, 0.3) is 0 Å². The summed E-state index contributed by atoms with van der Waals surface area (Å²) in [6.45, 7) is 5.41. The Kier molecular flexibility index (Phi) is 5.51. The average molecular weight is 337 g/mol. The standard InChI is InChI=1S/C15H19N3O4S/c1-2-6-16-23(21,22)14-5-3-4-13(11-14)15(20)18-9-7-17(12-19)8-10-18/h2-5,11-12,16H,1,6-10H2. The van der Waals surface area contributed by atoms with Crippen LogP contribution in [0.2, 0.25) is 0 Å². The lowest BCUT2D eigenvalue weighted by Crippen LogP contribution is -2.48. The summed E-state index contributed by atoms with van der Waals surface area (Å²) < 4.78 is 26.6. The Labute approximate surface area is 135 Å². The molecule has 0 spiro atoms. The van der Waals surface area contributed by atoms with E-state index in [1.165, 1.54) is 24.3 Å². The molecule has 1 aromatic rings. The van der Waals surface area contributed by atoms with E-state index in [9.17, 15) is 18.0 Å². The largest absolute Gasteiger partial charge is 0.342 e. The van der Waals surface area contributed by atoms with Crippen molar-refractivity contribution in [2.45, 2.75) is 4.90 Å². The second-order valence-electron chi connectivity index (χ2n) is 5.10. The molecular formula is C15H19N3O4S. The van der Waals surface area contributed by atoms with Crippen molar-refractivity contribution in [1.82, 2.24) is 14.5 Å². The second kappa shape index (κ2) is 7.38. The van der Waals surface area contributed by atoms with Crippen LogP contribution in [0.3, 0.4) is 0 Å². The van der Waals surface area contributed by atoms with E-state index < -0.39 is 10.0 Å². The molecule has 0 atom stereocenters. The number of amides is 2. The first-order valence-electron chi connectivity index (χ1n) is 7.17. The molecule has 124 valence electrons. The normalized spacial score (nSPS) is 15.3. The van der Waals surface area contributed by atoms with Crippen LogP contribution in [-0.4, -0.2) is 63.3 Å². The molecule has 0 bridgehead atoms. The van der Waals surface area contributed by atoms with E-state index in [4.69, 9.17) is 0 Å². The number of hydrogen-bond acceptors (Lipinski definition) is 4. The van der Waals surface area contributed by atoms with Gasteiger partial charge in [-0.2, -0.15) is 0 Å². The maximum atomic E-state index is 12.5.